The Kier molecular flexibility index (Phi) is 6.25. The van der Waals surface area contributed by atoms with E-state index in [2.05, 4.69) is 0 Å². The zero-order valence-electron chi connectivity index (χ0n) is 17.9. The Bertz CT molecular complexity index is 1340. The molecule has 2 N–H and O–H groups in total. The first kappa shape index (κ1) is 23.0. The molecule has 0 aromatic heterocycles. The van der Waals surface area contributed by atoms with Crippen LogP contribution in [-0.2, 0) is 23.0 Å². The third-order valence-corrected chi connectivity index (χ3v) is 7.92. The number of rotatable bonds is 5. The molecule has 0 atom stereocenters. The predicted octanol–water partition coefficient (Wildman–Crippen LogP) is 3.46. The van der Waals surface area contributed by atoms with Crippen LogP contribution in [0.15, 0.2) is 71.6 Å². The number of carbonyl (C=O) groups excluding carboxylic acids is 2. The van der Waals surface area contributed by atoms with Crippen LogP contribution in [0.5, 0.6) is 0 Å². The Labute approximate surface area is 197 Å². The molecule has 170 valence electrons. The summed E-state index contributed by atoms with van der Waals surface area (Å²) < 4.78 is 28.1. The standard InChI is InChI=1S/C24H22ClN3O4S/c1-27(19-8-6-17(7-9-19)23(26)29)24(30)21-14-20(10-11-22(21)25)33(31,32)28-13-12-16-4-2-3-5-18(16)15-28/h2-11,14H,12-13,15H2,1H3,(H2,26,29). The first-order valence-corrected chi connectivity index (χ1v) is 12.0. The van der Waals surface area contributed by atoms with Crippen LogP contribution in [0, 0.1) is 0 Å². The molecule has 1 heterocycles. The van der Waals surface area contributed by atoms with Crippen LogP contribution in [0.2, 0.25) is 5.02 Å². The van der Waals surface area contributed by atoms with Crippen molar-refractivity contribution < 1.29 is 18.0 Å². The van der Waals surface area contributed by atoms with Gasteiger partial charge in [0.25, 0.3) is 5.91 Å². The lowest BCUT2D eigenvalue weighted by atomic mass is 10.0. The van der Waals surface area contributed by atoms with Crippen molar-refractivity contribution in [2.45, 2.75) is 17.9 Å². The third-order valence-electron chi connectivity index (χ3n) is 5.75. The molecule has 1 aliphatic rings. The molecule has 7 nitrogen and oxygen atoms in total. The molecule has 1 aliphatic heterocycles. The molecule has 33 heavy (non-hydrogen) atoms. The maximum absolute atomic E-state index is 13.3. The van der Waals surface area contributed by atoms with Gasteiger partial charge in [0.1, 0.15) is 0 Å². The van der Waals surface area contributed by atoms with Crippen LogP contribution < -0.4 is 10.6 Å². The van der Waals surface area contributed by atoms with E-state index in [1.165, 1.54) is 39.5 Å². The van der Waals surface area contributed by atoms with Gasteiger partial charge in [0, 0.05) is 31.4 Å². The average Bonchev–Trinajstić information content (AvgIpc) is 2.83. The Hall–Kier alpha value is -3.20. The van der Waals surface area contributed by atoms with Crippen molar-refractivity contribution in [1.29, 1.82) is 0 Å². The first-order valence-electron chi connectivity index (χ1n) is 10.2. The number of primary amides is 1. The maximum Gasteiger partial charge on any atom is 0.259 e. The lowest BCUT2D eigenvalue weighted by molar-refractivity contribution is 0.0989. The second-order valence-corrected chi connectivity index (χ2v) is 10.1. The molecule has 0 saturated carbocycles. The largest absolute Gasteiger partial charge is 0.366 e. The Morgan fingerprint density at radius 1 is 1.00 bits per heavy atom. The minimum Gasteiger partial charge on any atom is -0.366 e. The monoisotopic (exact) mass is 483 g/mol. The summed E-state index contributed by atoms with van der Waals surface area (Å²) in [5.41, 5.74) is 8.25. The predicted molar refractivity (Wildman–Crippen MR) is 127 cm³/mol. The second kappa shape index (κ2) is 8.97. The van der Waals surface area contributed by atoms with Crippen molar-refractivity contribution in [3.05, 3.63) is 94.0 Å². The number of hydrogen-bond acceptors (Lipinski definition) is 4. The minimum absolute atomic E-state index is 0.00658. The van der Waals surface area contributed by atoms with Crippen LogP contribution >= 0.6 is 11.6 Å². The number of amides is 2. The molecule has 0 aliphatic carbocycles. The molecule has 0 saturated heterocycles. The van der Waals surface area contributed by atoms with Gasteiger partial charge in [-0.2, -0.15) is 4.31 Å². The molecule has 9 heteroatoms. The number of hydrogen-bond donors (Lipinski definition) is 1. The Morgan fingerprint density at radius 3 is 2.33 bits per heavy atom. The zero-order valence-corrected chi connectivity index (χ0v) is 19.4. The number of nitrogens with two attached hydrogens (primary N) is 1. The van der Waals surface area contributed by atoms with E-state index in [-0.39, 0.29) is 22.0 Å². The van der Waals surface area contributed by atoms with Crippen LogP contribution in [0.3, 0.4) is 0 Å². The van der Waals surface area contributed by atoms with Crippen molar-refractivity contribution in [3.8, 4) is 0 Å². The highest BCUT2D eigenvalue weighted by molar-refractivity contribution is 7.89. The molecule has 3 aromatic rings. The lowest BCUT2D eigenvalue weighted by Crippen LogP contribution is -2.36. The van der Waals surface area contributed by atoms with Crippen LogP contribution in [-0.4, -0.2) is 38.1 Å². The SMILES string of the molecule is CN(C(=O)c1cc(S(=O)(=O)N2CCc3ccccc3C2)ccc1Cl)c1ccc(C(N)=O)cc1. The van der Waals surface area contributed by atoms with E-state index in [1.807, 2.05) is 24.3 Å². The van der Waals surface area contributed by atoms with Gasteiger partial charge in [-0.15, -0.1) is 0 Å². The fourth-order valence-electron chi connectivity index (χ4n) is 3.80. The van der Waals surface area contributed by atoms with E-state index in [0.29, 0.717) is 24.2 Å². The molecule has 0 radical (unpaired) electrons. The van der Waals surface area contributed by atoms with Gasteiger partial charge in [-0.3, -0.25) is 9.59 Å². The van der Waals surface area contributed by atoms with Crippen molar-refractivity contribution >= 4 is 39.1 Å². The highest BCUT2D eigenvalue weighted by Crippen LogP contribution is 2.28. The quantitative estimate of drug-likeness (QED) is 0.600. The Balaban J connectivity index is 1.62. The number of sulfonamides is 1. The highest BCUT2D eigenvalue weighted by atomic mass is 35.5. The highest BCUT2D eigenvalue weighted by Gasteiger charge is 2.29. The summed E-state index contributed by atoms with van der Waals surface area (Å²) in [6, 6.07) is 18.1. The van der Waals surface area contributed by atoms with Gasteiger partial charge in [-0.05, 0) is 60.0 Å². The molecular formula is C24H22ClN3O4S. The van der Waals surface area contributed by atoms with Crippen LogP contribution in [0.1, 0.15) is 31.8 Å². The van der Waals surface area contributed by atoms with Gasteiger partial charge in [0.05, 0.1) is 15.5 Å². The number of anilines is 1. The van der Waals surface area contributed by atoms with Gasteiger partial charge in [0.2, 0.25) is 15.9 Å². The molecule has 2 amide bonds. The summed E-state index contributed by atoms with van der Waals surface area (Å²) in [4.78, 5) is 25.8. The number of carbonyl (C=O) groups is 2. The van der Waals surface area contributed by atoms with Gasteiger partial charge in [0.15, 0.2) is 0 Å². The summed E-state index contributed by atoms with van der Waals surface area (Å²) >= 11 is 6.28. The second-order valence-electron chi connectivity index (χ2n) is 7.77. The van der Waals surface area contributed by atoms with Crippen molar-refractivity contribution in [1.82, 2.24) is 4.31 Å². The molecule has 0 spiro atoms. The molecule has 3 aromatic carbocycles. The van der Waals surface area contributed by atoms with Crippen LogP contribution in [0.4, 0.5) is 5.69 Å². The van der Waals surface area contributed by atoms with Crippen LogP contribution in [0.25, 0.3) is 0 Å². The van der Waals surface area contributed by atoms with E-state index < -0.39 is 21.8 Å². The van der Waals surface area contributed by atoms with E-state index in [1.54, 1.807) is 19.2 Å². The number of halogens is 1. The fraction of sp³-hybridized carbons (Fsp3) is 0.167. The summed E-state index contributed by atoms with van der Waals surface area (Å²) in [6.45, 7) is 0.633. The molecule has 4 rings (SSSR count). The smallest absolute Gasteiger partial charge is 0.259 e. The molecule has 0 unspecified atom stereocenters. The van der Waals surface area contributed by atoms with Gasteiger partial charge in [-0.25, -0.2) is 8.42 Å². The zero-order chi connectivity index (χ0) is 23.8. The van der Waals surface area contributed by atoms with E-state index >= 15 is 0 Å². The van der Waals surface area contributed by atoms with Crippen molar-refractivity contribution in [2.75, 3.05) is 18.5 Å². The number of benzene rings is 3. The summed E-state index contributed by atoms with van der Waals surface area (Å²) in [6.07, 6.45) is 0.624. The number of nitrogens with zero attached hydrogens (tertiary/aromatic N) is 2. The normalized spacial score (nSPS) is 13.9. The summed E-state index contributed by atoms with van der Waals surface area (Å²) in [7, 11) is -2.29. The van der Waals surface area contributed by atoms with E-state index in [4.69, 9.17) is 17.3 Å². The van der Waals surface area contributed by atoms with Gasteiger partial charge >= 0.3 is 0 Å². The number of fused-ring (bicyclic) bond motifs is 1. The third kappa shape index (κ3) is 4.50. The van der Waals surface area contributed by atoms with E-state index in [9.17, 15) is 18.0 Å². The lowest BCUT2D eigenvalue weighted by Gasteiger charge is -2.28. The van der Waals surface area contributed by atoms with Crippen molar-refractivity contribution in [3.63, 3.8) is 0 Å². The van der Waals surface area contributed by atoms with Crippen molar-refractivity contribution in [2.24, 2.45) is 5.73 Å². The molecular weight excluding hydrogens is 462 g/mol. The summed E-state index contributed by atoms with van der Waals surface area (Å²) in [5, 5.41) is 0.142. The molecule has 0 fully saturated rings. The topological polar surface area (TPSA) is 101 Å². The fourth-order valence-corrected chi connectivity index (χ4v) is 5.44. The molecule has 0 bridgehead atoms. The Morgan fingerprint density at radius 2 is 1.67 bits per heavy atom. The van der Waals surface area contributed by atoms with Gasteiger partial charge < -0.3 is 10.6 Å². The first-order chi connectivity index (χ1) is 15.7. The summed E-state index contributed by atoms with van der Waals surface area (Å²) in [5.74, 6) is -1.05. The minimum atomic E-state index is -3.83. The maximum atomic E-state index is 13.3. The van der Waals surface area contributed by atoms with E-state index in [0.717, 1.165) is 11.1 Å². The average molecular weight is 484 g/mol. The van der Waals surface area contributed by atoms with Gasteiger partial charge in [-0.1, -0.05) is 35.9 Å².